The maximum absolute atomic E-state index is 13.7. The Hall–Kier alpha value is -1.27. The summed E-state index contributed by atoms with van der Waals surface area (Å²) in [6.07, 6.45) is -1.87. The highest BCUT2D eigenvalue weighted by Gasteiger charge is 2.37. The van der Waals surface area contributed by atoms with Crippen molar-refractivity contribution in [2.24, 2.45) is 0 Å². The number of likely N-dealkylation sites (tertiary alicyclic amines) is 1. The molecule has 0 N–H and O–H groups in total. The molecule has 2 heterocycles. The van der Waals surface area contributed by atoms with Crippen molar-refractivity contribution in [3.63, 3.8) is 0 Å². The molecule has 1 aromatic carbocycles. The third-order valence-electron chi connectivity index (χ3n) is 5.47. The van der Waals surface area contributed by atoms with Gasteiger partial charge in [-0.3, -0.25) is 4.90 Å². The van der Waals surface area contributed by atoms with Gasteiger partial charge in [0.05, 0.1) is 18.8 Å². The van der Waals surface area contributed by atoms with Gasteiger partial charge < -0.3 is 9.64 Å². The number of rotatable bonds is 3. The maximum atomic E-state index is 13.7. The van der Waals surface area contributed by atoms with E-state index in [9.17, 15) is 13.2 Å². The van der Waals surface area contributed by atoms with E-state index in [0.29, 0.717) is 44.0 Å². The lowest BCUT2D eigenvalue weighted by Gasteiger charge is -2.37. The van der Waals surface area contributed by atoms with Gasteiger partial charge in [0.2, 0.25) is 0 Å². The number of nitrogens with zero attached hydrogens (tertiary/aromatic N) is 2. The molecule has 1 atom stereocenters. The number of hydrogen-bond donors (Lipinski definition) is 0. The van der Waals surface area contributed by atoms with Gasteiger partial charge in [-0.25, -0.2) is 0 Å². The van der Waals surface area contributed by atoms with E-state index in [1.165, 1.54) is 6.07 Å². The van der Waals surface area contributed by atoms with Crippen molar-refractivity contribution in [3.8, 4) is 0 Å². The van der Waals surface area contributed by atoms with Crippen LogP contribution in [-0.2, 0) is 17.3 Å². The second kappa shape index (κ2) is 7.39. The number of morpholine rings is 1. The van der Waals surface area contributed by atoms with E-state index in [0.717, 1.165) is 19.4 Å². The average molecular weight is 370 g/mol. The van der Waals surface area contributed by atoms with Gasteiger partial charge in [0.1, 0.15) is 0 Å². The molecule has 0 saturated carbocycles. The Morgan fingerprint density at radius 2 is 1.77 bits per heavy atom. The molecule has 26 heavy (non-hydrogen) atoms. The van der Waals surface area contributed by atoms with Gasteiger partial charge in [0.25, 0.3) is 0 Å². The Morgan fingerprint density at radius 1 is 1.08 bits per heavy atom. The zero-order chi connectivity index (χ0) is 18.9. The molecule has 0 bridgehead atoms. The van der Waals surface area contributed by atoms with Crippen molar-refractivity contribution in [3.05, 3.63) is 29.3 Å². The van der Waals surface area contributed by atoms with Crippen molar-refractivity contribution >= 4 is 5.69 Å². The number of anilines is 1. The number of alkyl halides is 3. The number of halogens is 3. The number of benzene rings is 1. The molecule has 6 heteroatoms. The molecule has 0 amide bonds. The molecular weight excluding hydrogens is 341 g/mol. The van der Waals surface area contributed by atoms with E-state index in [2.05, 4.69) is 25.7 Å². The minimum Gasteiger partial charge on any atom is -0.378 e. The standard InChI is InChI=1S/C20H29F3N2O/c1-19(2,3)25-8-4-5-17(25)13-15-6-7-16(14-18(15)20(21,22)23)24-9-11-26-12-10-24/h6-7,14,17H,4-5,8-13H2,1-3H3. The third kappa shape index (κ3) is 4.34. The van der Waals surface area contributed by atoms with Crippen molar-refractivity contribution in [2.45, 2.75) is 57.8 Å². The molecule has 1 unspecified atom stereocenters. The van der Waals surface area contributed by atoms with Crippen LogP contribution >= 0.6 is 0 Å². The first-order valence-corrected chi connectivity index (χ1v) is 9.46. The van der Waals surface area contributed by atoms with Gasteiger partial charge >= 0.3 is 6.18 Å². The van der Waals surface area contributed by atoms with Gasteiger partial charge in [-0.1, -0.05) is 6.07 Å². The summed E-state index contributed by atoms with van der Waals surface area (Å²) in [6, 6.07) is 5.03. The topological polar surface area (TPSA) is 15.7 Å². The Balaban J connectivity index is 1.86. The molecule has 3 rings (SSSR count). The van der Waals surface area contributed by atoms with Crippen LogP contribution in [0.5, 0.6) is 0 Å². The van der Waals surface area contributed by atoms with Crippen LogP contribution < -0.4 is 4.90 Å². The number of ether oxygens (including phenoxy) is 1. The fourth-order valence-corrected chi connectivity index (χ4v) is 4.21. The zero-order valence-electron chi connectivity index (χ0n) is 15.9. The van der Waals surface area contributed by atoms with Crippen LogP contribution in [0, 0.1) is 0 Å². The lowest BCUT2D eigenvalue weighted by Crippen LogP contribution is -2.45. The molecule has 146 valence electrons. The predicted molar refractivity (Wildman–Crippen MR) is 97.7 cm³/mol. The summed E-state index contributed by atoms with van der Waals surface area (Å²) in [5.41, 5.74) is 0.550. The van der Waals surface area contributed by atoms with Crippen LogP contribution in [0.25, 0.3) is 0 Å². The smallest absolute Gasteiger partial charge is 0.378 e. The highest BCUT2D eigenvalue weighted by Crippen LogP contribution is 2.37. The molecule has 0 spiro atoms. The maximum Gasteiger partial charge on any atom is 0.416 e. The minimum atomic E-state index is -4.33. The Kier molecular flexibility index (Phi) is 5.54. The molecule has 0 radical (unpaired) electrons. The van der Waals surface area contributed by atoms with E-state index in [1.807, 2.05) is 11.0 Å². The lowest BCUT2D eigenvalue weighted by molar-refractivity contribution is -0.138. The Morgan fingerprint density at radius 3 is 2.38 bits per heavy atom. The Bertz CT molecular complexity index is 618. The molecule has 2 aliphatic heterocycles. The van der Waals surface area contributed by atoms with Crippen molar-refractivity contribution < 1.29 is 17.9 Å². The number of hydrogen-bond acceptors (Lipinski definition) is 3. The van der Waals surface area contributed by atoms with Crippen LogP contribution in [0.4, 0.5) is 18.9 Å². The molecule has 0 aromatic heterocycles. The molecule has 2 saturated heterocycles. The fourth-order valence-electron chi connectivity index (χ4n) is 4.21. The highest BCUT2D eigenvalue weighted by molar-refractivity contribution is 5.52. The van der Waals surface area contributed by atoms with E-state index < -0.39 is 11.7 Å². The molecule has 2 fully saturated rings. The average Bonchev–Trinajstić information content (AvgIpc) is 3.03. The summed E-state index contributed by atoms with van der Waals surface area (Å²) in [7, 11) is 0. The summed E-state index contributed by atoms with van der Waals surface area (Å²) in [5, 5.41) is 0. The van der Waals surface area contributed by atoms with Crippen LogP contribution in [0.15, 0.2) is 18.2 Å². The lowest BCUT2D eigenvalue weighted by atomic mass is 9.95. The largest absolute Gasteiger partial charge is 0.416 e. The zero-order valence-corrected chi connectivity index (χ0v) is 15.9. The summed E-state index contributed by atoms with van der Waals surface area (Å²) >= 11 is 0. The first-order valence-electron chi connectivity index (χ1n) is 9.46. The van der Waals surface area contributed by atoms with E-state index >= 15 is 0 Å². The van der Waals surface area contributed by atoms with Crippen molar-refractivity contribution in [1.82, 2.24) is 4.90 Å². The van der Waals surface area contributed by atoms with Gasteiger partial charge in [-0.15, -0.1) is 0 Å². The van der Waals surface area contributed by atoms with Gasteiger partial charge in [-0.05, 0) is 64.3 Å². The van der Waals surface area contributed by atoms with E-state index in [4.69, 9.17) is 4.74 Å². The van der Waals surface area contributed by atoms with Crippen LogP contribution in [-0.4, -0.2) is 49.3 Å². The first-order chi connectivity index (χ1) is 12.2. The molecule has 1 aromatic rings. The molecule has 2 aliphatic rings. The van der Waals surface area contributed by atoms with Gasteiger partial charge in [0, 0.05) is 30.4 Å². The van der Waals surface area contributed by atoms with E-state index in [1.54, 1.807) is 6.07 Å². The first kappa shape index (κ1) is 19.5. The molecule has 3 nitrogen and oxygen atoms in total. The van der Waals surface area contributed by atoms with Crippen LogP contribution in [0.2, 0.25) is 0 Å². The monoisotopic (exact) mass is 370 g/mol. The van der Waals surface area contributed by atoms with Crippen molar-refractivity contribution in [2.75, 3.05) is 37.7 Å². The minimum absolute atomic E-state index is 0.0205. The van der Waals surface area contributed by atoms with Gasteiger partial charge in [0.15, 0.2) is 0 Å². The molecular formula is C20H29F3N2O. The van der Waals surface area contributed by atoms with Crippen molar-refractivity contribution in [1.29, 1.82) is 0 Å². The summed E-state index contributed by atoms with van der Waals surface area (Å²) in [6.45, 7) is 9.76. The summed E-state index contributed by atoms with van der Waals surface area (Å²) in [4.78, 5) is 4.32. The van der Waals surface area contributed by atoms with E-state index in [-0.39, 0.29) is 11.6 Å². The molecule has 0 aliphatic carbocycles. The quantitative estimate of drug-likeness (QED) is 0.787. The Labute approximate surface area is 154 Å². The van der Waals surface area contributed by atoms with Crippen LogP contribution in [0.3, 0.4) is 0 Å². The normalized spacial score (nSPS) is 22.8. The predicted octanol–water partition coefficient (Wildman–Crippen LogP) is 4.35. The summed E-state index contributed by atoms with van der Waals surface area (Å²) in [5.74, 6) is 0. The highest BCUT2D eigenvalue weighted by atomic mass is 19.4. The SMILES string of the molecule is CC(C)(C)N1CCCC1Cc1ccc(N2CCOCC2)cc1C(F)(F)F. The van der Waals surface area contributed by atoms with Gasteiger partial charge in [-0.2, -0.15) is 13.2 Å². The second-order valence-electron chi connectivity index (χ2n) is 8.30. The third-order valence-corrected chi connectivity index (χ3v) is 5.47. The van der Waals surface area contributed by atoms with Crippen LogP contribution in [0.1, 0.15) is 44.7 Å². The fraction of sp³-hybridized carbons (Fsp3) is 0.700. The second-order valence-corrected chi connectivity index (χ2v) is 8.30. The summed E-state index contributed by atoms with van der Waals surface area (Å²) < 4.78 is 46.5.